The molecule has 3 nitrogen and oxygen atoms in total. The van der Waals surface area contributed by atoms with E-state index >= 15 is 0 Å². The maximum atomic E-state index is 5.70. The zero-order valence-electron chi connectivity index (χ0n) is 12.7. The van der Waals surface area contributed by atoms with Crippen LogP contribution in [0, 0.1) is 0 Å². The van der Waals surface area contributed by atoms with E-state index in [1.54, 1.807) is 7.11 Å². The van der Waals surface area contributed by atoms with Crippen molar-refractivity contribution in [3.05, 3.63) is 11.8 Å². The first-order valence-electron chi connectivity index (χ1n) is 7.83. The van der Waals surface area contributed by atoms with E-state index in [1.165, 1.54) is 32.1 Å². The number of ether oxygens (including phenoxy) is 3. The second kappa shape index (κ2) is 11.3. The lowest BCUT2D eigenvalue weighted by Crippen LogP contribution is -2.22. The molecule has 1 aliphatic rings. The average molecular weight is 270 g/mol. The Morgan fingerprint density at radius 2 is 2.16 bits per heavy atom. The summed E-state index contributed by atoms with van der Waals surface area (Å²) >= 11 is 0. The summed E-state index contributed by atoms with van der Waals surface area (Å²) in [4.78, 5) is 0. The van der Waals surface area contributed by atoms with Crippen LogP contribution in [0.3, 0.4) is 0 Å². The number of hydrogen-bond donors (Lipinski definition) is 0. The summed E-state index contributed by atoms with van der Waals surface area (Å²) in [6.45, 7) is 3.86. The molecule has 0 aromatic rings. The molecule has 1 rings (SSSR count). The molecule has 0 aromatic carbocycles. The van der Waals surface area contributed by atoms with Gasteiger partial charge in [0.05, 0.1) is 19.5 Å². The molecule has 0 N–H and O–H groups in total. The first-order valence-corrected chi connectivity index (χ1v) is 7.83. The predicted molar refractivity (Wildman–Crippen MR) is 78.0 cm³/mol. The van der Waals surface area contributed by atoms with E-state index < -0.39 is 0 Å². The van der Waals surface area contributed by atoms with Crippen LogP contribution in [0.15, 0.2) is 11.8 Å². The summed E-state index contributed by atoms with van der Waals surface area (Å²) < 4.78 is 16.6. The minimum absolute atomic E-state index is 0.0455. The molecule has 0 saturated carbocycles. The monoisotopic (exact) mass is 270 g/mol. The van der Waals surface area contributed by atoms with Gasteiger partial charge in [0.1, 0.15) is 0 Å². The molecule has 0 aliphatic carbocycles. The minimum Gasteiger partial charge on any atom is -0.501 e. The first-order chi connectivity index (χ1) is 9.36. The van der Waals surface area contributed by atoms with Crippen LogP contribution in [0.2, 0.25) is 0 Å². The number of rotatable bonds is 10. The first kappa shape index (κ1) is 16.5. The highest BCUT2D eigenvalue weighted by molar-refractivity contribution is 4.92. The van der Waals surface area contributed by atoms with Crippen LogP contribution in [-0.4, -0.2) is 26.6 Å². The van der Waals surface area contributed by atoms with Gasteiger partial charge in [-0.15, -0.1) is 0 Å². The molecule has 112 valence electrons. The van der Waals surface area contributed by atoms with Gasteiger partial charge in [0.15, 0.2) is 6.29 Å². The SMILES string of the molecule is CCCCC/C(=C/CCCOC1CCCCO1)OC. The van der Waals surface area contributed by atoms with Crippen LogP contribution in [-0.2, 0) is 14.2 Å². The van der Waals surface area contributed by atoms with E-state index in [0.717, 1.165) is 44.7 Å². The third-order valence-corrected chi connectivity index (χ3v) is 3.45. The molecule has 1 unspecified atom stereocenters. The Bertz CT molecular complexity index is 232. The van der Waals surface area contributed by atoms with E-state index in [4.69, 9.17) is 14.2 Å². The summed E-state index contributed by atoms with van der Waals surface area (Å²) in [6, 6.07) is 0. The normalized spacial score (nSPS) is 20.5. The molecular formula is C16H30O3. The smallest absolute Gasteiger partial charge is 0.157 e. The molecule has 0 aromatic heterocycles. The van der Waals surface area contributed by atoms with Gasteiger partial charge in [-0.3, -0.25) is 0 Å². The fourth-order valence-corrected chi connectivity index (χ4v) is 2.24. The van der Waals surface area contributed by atoms with Gasteiger partial charge in [0, 0.05) is 13.0 Å². The van der Waals surface area contributed by atoms with Crippen molar-refractivity contribution in [3.8, 4) is 0 Å². The quantitative estimate of drug-likeness (QED) is 0.434. The maximum Gasteiger partial charge on any atom is 0.157 e. The molecule has 1 saturated heterocycles. The molecule has 0 spiro atoms. The van der Waals surface area contributed by atoms with Crippen LogP contribution in [0.5, 0.6) is 0 Å². The molecule has 0 bridgehead atoms. The van der Waals surface area contributed by atoms with Crippen molar-refractivity contribution in [2.75, 3.05) is 20.3 Å². The van der Waals surface area contributed by atoms with E-state index in [-0.39, 0.29) is 6.29 Å². The fraction of sp³-hybridized carbons (Fsp3) is 0.875. The lowest BCUT2D eigenvalue weighted by Gasteiger charge is -2.22. The van der Waals surface area contributed by atoms with Crippen LogP contribution in [0.1, 0.15) is 64.7 Å². The molecular weight excluding hydrogens is 240 g/mol. The standard InChI is InChI=1S/C16H30O3/c1-3-4-5-10-15(17-2)11-6-8-13-18-16-12-7-9-14-19-16/h11,16H,3-10,12-14H2,1-2H3/b15-11-. The summed E-state index contributed by atoms with van der Waals surface area (Å²) in [7, 11) is 1.77. The molecule has 1 atom stereocenters. The lowest BCUT2D eigenvalue weighted by molar-refractivity contribution is -0.162. The molecule has 0 radical (unpaired) electrons. The highest BCUT2D eigenvalue weighted by Gasteiger charge is 2.13. The van der Waals surface area contributed by atoms with E-state index in [0.29, 0.717) is 0 Å². The zero-order chi connectivity index (χ0) is 13.8. The lowest BCUT2D eigenvalue weighted by atomic mass is 10.1. The number of hydrogen-bond acceptors (Lipinski definition) is 3. The summed E-state index contributed by atoms with van der Waals surface area (Å²) in [5.74, 6) is 1.13. The Hall–Kier alpha value is -0.540. The Labute approximate surface area is 118 Å². The van der Waals surface area contributed by atoms with E-state index in [9.17, 15) is 0 Å². The molecule has 1 heterocycles. The second-order valence-corrected chi connectivity index (χ2v) is 5.14. The van der Waals surface area contributed by atoms with Crippen molar-refractivity contribution < 1.29 is 14.2 Å². The van der Waals surface area contributed by atoms with Crippen LogP contribution in [0.25, 0.3) is 0 Å². The average Bonchev–Trinajstić information content (AvgIpc) is 2.46. The number of unbranched alkanes of at least 4 members (excludes halogenated alkanes) is 3. The molecule has 1 fully saturated rings. The minimum atomic E-state index is 0.0455. The molecule has 19 heavy (non-hydrogen) atoms. The zero-order valence-corrected chi connectivity index (χ0v) is 12.7. The van der Waals surface area contributed by atoms with Crippen LogP contribution in [0.4, 0.5) is 0 Å². The van der Waals surface area contributed by atoms with Crippen molar-refractivity contribution in [1.82, 2.24) is 0 Å². The fourth-order valence-electron chi connectivity index (χ4n) is 2.24. The highest BCUT2D eigenvalue weighted by Crippen LogP contribution is 2.15. The Morgan fingerprint density at radius 1 is 1.26 bits per heavy atom. The number of methoxy groups -OCH3 is 1. The summed E-state index contributed by atoms with van der Waals surface area (Å²) in [6.07, 6.45) is 12.6. The molecule has 3 heteroatoms. The third-order valence-electron chi connectivity index (χ3n) is 3.45. The van der Waals surface area contributed by atoms with Gasteiger partial charge < -0.3 is 14.2 Å². The highest BCUT2D eigenvalue weighted by atomic mass is 16.7. The third kappa shape index (κ3) is 8.27. The van der Waals surface area contributed by atoms with Crippen molar-refractivity contribution in [1.29, 1.82) is 0 Å². The predicted octanol–water partition coefficient (Wildman–Crippen LogP) is 4.42. The Morgan fingerprint density at radius 3 is 2.84 bits per heavy atom. The van der Waals surface area contributed by atoms with Gasteiger partial charge in [-0.05, 0) is 44.6 Å². The van der Waals surface area contributed by atoms with Crippen LogP contribution >= 0.6 is 0 Å². The Balaban J connectivity index is 2.03. The molecule has 1 aliphatic heterocycles. The van der Waals surface area contributed by atoms with Gasteiger partial charge in [-0.2, -0.15) is 0 Å². The van der Waals surface area contributed by atoms with Crippen molar-refractivity contribution in [3.63, 3.8) is 0 Å². The Kier molecular flexibility index (Phi) is 9.82. The van der Waals surface area contributed by atoms with Crippen molar-refractivity contribution >= 4 is 0 Å². The van der Waals surface area contributed by atoms with Crippen molar-refractivity contribution in [2.45, 2.75) is 71.0 Å². The van der Waals surface area contributed by atoms with Gasteiger partial charge >= 0.3 is 0 Å². The van der Waals surface area contributed by atoms with Gasteiger partial charge in [0.25, 0.3) is 0 Å². The van der Waals surface area contributed by atoms with Crippen LogP contribution < -0.4 is 0 Å². The summed E-state index contributed by atoms with van der Waals surface area (Å²) in [5.41, 5.74) is 0. The topological polar surface area (TPSA) is 27.7 Å². The second-order valence-electron chi connectivity index (χ2n) is 5.14. The number of allylic oxidation sites excluding steroid dienone is 2. The largest absolute Gasteiger partial charge is 0.501 e. The maximum absolute atomic E-state index is 5.70. The van der Waals surface area contributed by atoms with Gasteiger partial charge in [0.2, 0.25) is 0 Å². The molecule has 0 amide bonds. The van der Waals surface area contributed by atoms with E-state index in [1.807, 2.05) is 0 Å². The van der Waals surface area contributed by atoms with E-state index in [2.05, 4.69) is 13.0 Å². The van der Waals surface area contributed by atoms with Gasteiger partial charge in [-0.25, -0.2) is 0 Å². The summed E-state index contributed by atoms with van der Waals surface area (Å²) in [5, 5.41) is 0. The van der Waals surface area contributed by atoms with Crippen molar-refractivity contribution in [2.24, 2.45) is 0 Å². The van der Waals surface area contributed by atoms with Gasteiger partial charge in [-0.1, -0.05) is 19.8 Å².